The van der Waals surface area contributed by atoms with Crippen molar-refractivity contribution >= 4 is 17.5 Å². The summed E-state index contributed by atoms with van der Waals surface area (Å²) in [6.07, 6.45) is 8.35. The Hall–Kier alpha value is -2.91. The molecule has 0 atom stereocenters. The molecule has 1 aliphatic heterocycles. The van der Waals surface area contributed by atoms with Gasteiger partial charge in [-0.1, -0.05) is 20.9 Å². The number of nitrogens with one attached hydrogen (secondary N) is 2. The molecule has 0 unspecified atom stereocenters. The molecule has 0 spiro atoms. The Morgan fingerprint density at radius 1 is 1.31 bits per heavy atom. The third-order valence-corrected chi connectivity index (χ3v) is 4.78. The molecule has 1 aliphatic rings. The molecule has 0 bridgehead atoms. The van der Waals surface area contributed by atoms with Crippen LogP contribution in [0, 0.1) is 0 Å². The van der Waals surface area contributed by atoms with Crippen molar-refractivity contribution in [1.29, 1.82) is 0 Å². The van der Waals surface area contributed by atoms with E-state index in [1.807, 2.05) is 19.9 Å². The Kier molecular flexibility index (Phi) is 12.0. The van der Waals surface area contributed by atoms with Crippen LogP contribution in [-0.4, -0.2) is 48.3 Å². The number of aryl methyl sites for hydroxylation is 1. The second-order valence-electron chi connectivity index (χ2n) is 7.08. The third-order valence-electron chi connectivity index (χ3n) is 4.78. The number of carbonyl (C=O) groups excluding carboxylic acids is 1. The van der Waals surface area contributed by atoms with E-state index < -0.39 is 5.91 Å². The standard InChI is InChI=1S/C22H34N6O3.CH4/c1-4-15(14-17(5-2)31-11-7-10-23)25-22-19(20(24)29)27-18(6-3)21(28-22)26-16-8-12-30-13-9-16;/h4-5,14,16H,1,6-13,23H2,2-3H3,(H2,24,29)(H2,25,26,28);1H4/b15-14+,17-5+;. The van der Waals surface area contributed by atoms with E-state index in [1.54, 1.807) is 12.2 Å². The van der Waals surface area contributed by atoms with E-state index in [9.17, 15) is 4.79 Å². The zero-order valence-electron chi connectivity index (χ0n) is 18.4. The van der Waals surface area contributed by atoms with Gasteiger partial charge in [-0.25, -0.2) is 9.97 Å². The smallest absolute Gasteiger partial charge is 0.271 e. The predicted molar refractivity (Wildman–Crippen MR) is 129 cm³/mol. The molecule has 2 rings (SSSR count). The second-order valence-corrected chi connectivity index (χ2v) is 7.08. The van der Waals surface area contributed by atoms with Gasteiger partial charge in [0.2, 0.25) is 0 Å². The molecular formula is C23H38N6O3. The quantitative estimate of drug-likeness (QED) is 0.218. The highest BCUT2D eigenvalue weighted by Crippen LogP contribution is 2.23. The van der Waals surface area contributed by atoms with E-state index in [2.05, 4.69) is 27.2 Å². The van der Waals surface area contributed by atoms with Gasteiger partial charge in [-0.05, 0) is 51.3 Å². The van der Waals surface area contributed by atoms with Crippen molar-refractivity contribution in [2.45, 2.75) is 53.0 Å². The third kappa shape index (κ3) is 7.97. The molecule has 1 aromatic rings. The fraction of sp³-hybridized carbons (Fsp3) is 0.522. The predicted octanol–water partition coefficient (Wildman–Crippen LogP) is 3.12. The van der Waals surface area contributed by atoms with Crippen molar-refractivity contribution in [1.82, 2.24) is 9.97 Å². The first-order valence-corrected chi connectivity index (χ1v) is 10.7. The molecule has 0 aromatic carbocycles. The minimum absolute atomic E-state index is 0. The number of amides is 1. The minimum atomic E-state index is -0.656. The van der Waals surface area contributed by atoms with Crippen molar-refractivity contribution in [2.24, 2.45) is 11.5 Å². The van der Waals surface area contributed by atoms with Gasteiger partial charge in [-0.3, -0.25) is 4.79 Å². The number of nitrogens with zero attached hydrogens (tertiary/aromatic N) is 2. The lowest BCUT2D eigenvalue weighted by Crippen LogP contribution is -2.29. The number of hydrogen-bond acceptors (Lipinski definition) is 8. The van der Waals surface area contributed by atoms with Crippen molar-refractivity contribution in [3.05, 3.63) is 47.7 Å². The van der Waals surface area contributed by atoms with E-state index in [1.165, 1.54) is 0 Å². The largest absolute Gasteiger partial charge is 0.494 e. The first-order valence-electron chi connectivity index (χ1n) is 10.7. The summed E-state index contributed by atoms with van der Waals surface area (Å²) in [7, 11) is 0. The van der Waals surface area contributed by atoms with Crippen LogP contribution in [0.2, 0.25) is 0 Å². The molecule has 178 valence electrons. The normalized spacial score (nSPS) is 15.0. The number of rotatable bonds is 12. The van der Waals surface area contributed by atoms with E-state index >= 15 is 0 Å². The number of anilines is 2. The number of aromatic nitrogens is 2. The molecular weight excluding hydrogens is 408 g/mol. The molecule has 2 heterocycles. The van der Waals surface area contributed by atoms with E-state index in [0.717, 1.165) is 19.3 Å². The number of nitrogens with two attached hydrogens (primary N) is 2. The van der Waals surface area contributed by atoms with Crippen LogP contribution in [0.25, 0.3) is 0 Å². The second kappa shape index (κ2) is 14.2. The van der Waals surface area contributed by atoms with Gasteiger partial charge in [-0.2, -0.15) is 0 Å². The van der Waals surface area contributed by atoms with Crippen molar-refractivity contribution in [2.75, 3.05) is 37.0 Å². The van der Waals surface area contributed by atoms with Crippen LogP contribution in [0.5, 0.6) is 0 Å². The molecule has 0 radical (unpaired) electrons. The molecule has 1 saturated heterocycles. The van der Waals surface area contributed by atoms with Crippen LogP contribution in [0.15, 0.2) is 36.3 Å². The van der Waals surface area contributed by atoms with Gasteiger partial charge >= 0.3 is 0 Å². The number of allylic oxidation sites excluding steroid dienone is 3. The highest BCUT2D eigenvalue weighted by molar-refractivity contribution is 5.96. The average molecular weight is 447 g/mol. The van der Waals surface area contributed by atoms with Crippen LogP contribution >= 0.6 is 0 Å². The van der Waals surface area contributed by atoms with Crippen LogP contribution in [0.3, 0.4) is 0 Å². The summed E-state index contributed by atoms with van der Waals surface area (Å²) in [5.41, 5.74) is 12.5. The molecule has 9 nitrogen and oxygen atoms in total. The van der Waals surface area contributed by atoms with Crippen LogP contribution < -0.4 is 22.1 Å². The van der Waals surface area contributed by atoms with Gasteiger partial charge in [0.25, 0.3) is 5.91 Å². The summed E-state index contributed by atoms with van der Waals surface area (Å²) in [5.74, 6) is 0.893. The van der Waals surface area contributed by atoms with Crippen LogP contribution in [0.4, 0.5) is 11.6 Å². The first-order chi connectivity index (χ1) is 15.0. The monoisotopic (exact) mass is 446 g/mol. The number of hydrogen-bond donors (Lipinski definition) is 4. The lowest BCUT2D eigenvalue weighted by atomic mass is 10.1. The molecule has 6 N–H and O–H groups in total. The topological polar surface area (TPSA) is 137 Å². The lowest BCUT2D eigenvalue weighted by Gasteiger charge is -2.25. The summed E-state index contributed by atoms with van der Waals surface area (Å²) >= 11 is 0. The van der Waals surface area contributed by atoms with E-state index in [4.69, 9.17) is 20.9 Å². The number of primary amides is 1. The van der Waals surface area contributed by atoms with Gasteiger partial charge in [0.05, 0.1) is 12.3 Å². The maximum Gasteiger partial charge on any atom is 0.271 e. The average Bonchev–Trinajstić information content (AvgIpc) is 2.78. The van der Waals surface area contributed by atoms with Gasteiger partial charge < -0.3 is 31.6 Å². The summed E-state index contributed by atoms with van der Waals surface area (Å²) in [6, 6.07) is 0.237. The van der Waals surface area contributed by atoms with Gasteiger partial charge in [-0.15, -0.1) is 0 Å². The fourth-order valence-corrected chi connectivity index (χ4v) is 3.04. The van der Waals surface area contributed by atoms with Gasteiger partial charge in [0.1, 0.15) is 5.76 Å². The van der Waals surface area contributed by atoms with Crippen molar-refractivity contribution in [3.63, 3.8) is 0 Å². The zero-order valence-corrected chi connectivity index (χ0v) is 18.4. The fourth-order valence-electron chi connectivity index (χ4n) is 3.04. The number of carbonyl (C=O) groups is 1. The first kappa shape index (κ1) is 27.1. The van der Waals surface area contributed by atoms with Crippen molar-refractivity contribution in [3.8, 4) is 0 Å². The lowest BCUT2D eigenvalue weighted by molar-refractivity contribution is 0.0903. The SMILES string of the molecule is C.C=C/C(=C\C(=C/C)OCCCN)Nc1nc(NC2CCOCC2)c(CC)nc1C(N)=O. The van der Waals surface area contributed by atoms with Crippen LogP contribution in [0.1, 0.15) is 56.7 Å². The minimum Gasteiger partial charge on any atom is -0.494 e. The van der Waals surface area contributed by atoms with Gasteiger partial charge in [0, 0.05) is 31.0 Å². The van der Waals surface area contributed by atoms with Crippen LogP contribution in [-0.2, 0) is 15.9 Å². The Morgan fingerprint density at radius 3 is 2.59 bits per heavy atom. The Labute approximate surface area is 191 Å². The Morgan fingerprint density at radius 2 is 2.03 bits per heavy atom. The molecule has 0 aliphatic carbocycles. The van der Waals surface area contributed by atoms with E-state index in [-0.39, 0.29) is 25.0 Å². The Bertz CT molecular complexity index is 816. The summed E-state index contributed by atoms with van der Waals surface area (Å²) < 4.78 is 11.1. The van der Waals surface area contributed by atoms with Gasteiger partial charge in [0.15, 0.2) is 17.3 Å². The van der Waals surface area contributed by atoms with Crippen molar-refractivity contribution < 1.29 is 14.3 Å². The highest BCUT2D eigenvalue weighted by Gasteiger charge is 2.20. The molecule has 9 heteroatoms. The molecule has 32 heavy (non-hydrogen) atoms. The highest BCUT2D eigenvalue weighted by atomic mass is 16.5. The Balaban J connectivity index is 0.00000512. The zero-order chi connectivity index (χ0) is 22.6. The summed E-state index contributed by atoms with van der Waals surface area (Å²) in [5, 5.41) is 6.57. The molecule has 1 amide bonds. The summed E-state index contributed by atoms with van der Waals surface area (Å²) in [4.78, 5) is 21.2. The maximum absolute atomic E-state index is 12.1. The molecule has 0 saturated carbocycles. The maximum atomic E-state index is 12.1. The van der Waals surface area contributed by atoms with E-state index in [0.29, 0.717) is 55.8 Å². The molecule has 1 aromatic heterocycles. The molecule has 1 fully saturated rings. The number of ether oxygens (including phenoxy) is 2. The summed E-state index contributed by atoms with van der Waals surface area (Å²) in [6.45, 7) is 10.1.